The van der Waals surface area contributed by atoms with Crippen LogP contribution in [0.4, 0.5) is 0 Å². The molecule has 23 heavy (non-hydrogen) atoms. The first-order chi connectivity index (χ1) is 11.2. The molecule has 0 bridgehead atoms. The monoisotopic (exact) mass is 326 g/mol. The second-order valence-corrected chi connectivity index (χ2v) is 5.55. The summed E-state index contributed by atoms with van der Waals surface area (Å²) in [5, 5.41) is 3.49. The van der Waals surface area contributed by atoms with Crippen molar-refractivity contribution in [3.63, 3.8) is 0 Å². The molecule has 0 saturated heterocycles. The van der Waals surface area contributed by atoms with Crippen molar-refractivity contribution >= 4 is 17.5 Å². The second-order valence-electron chi connectivity index (χ2n) is 5.14. The number of rotatable bonds is 5. The van der Waals surface area contributed by atoms with Crippen LogP contribution < -0.4 is 5.32 Å². The summed E-state index contributed by atoms with van der Waals surface area (Å²) in [6.45, 7) is 0.419. The molecule has 4 nitrogen and oxygen atoms in total. The van der Waals surface area contributed by atoms with Crippen molar-refractivity contribution in [2.45, 2.75) is 13.0 Å². The van der Waals surface area contributed by atoms with E-state index in [0.29, 0.717) is 11.6 Å². The zero-order valence-electron chi connectivity index (χ0n) is 12.3. The van der Waals surface area contributed by atoms with Gasteiger partial charge in [0.25, 0.3) is 0 Å². The first-order valence-corrected chi connectivity index (χ1v) is 7.57. The van der Waals surface area contributed by atoms with Crippen molar-refractivity contribution < 1.29 is 9.21 Å². The van der Waals surface area contributed by atoms with Crippen LogP contribution in [0.3, 0.4) is 0 Å². The van der Waals surface area contributed by atoms with Gasteiger partial charge in [-0.3, -0.25) is 9.78 Å². The van der Waals surface area contributed by atoms with Gasteiger partial charge in [-0.05, 0) is 29.3 Å². The van der Waals surface area contributed by atoms with Crippen molar-refractivity contribution in [2.75, 3.05) is 0 Å². The molecular weight excluding hydrogens is 312 g/mol. The highest BCUT2D eigenvalue weighted by Gasteiger charge is 2.07. The normalized spacial score (nSPS) is 10.5. The Morgan fingerprint density at radius 1 is 1.17 bits per heavy atom. The van der Waals surface area contributed by atoms with Crippen LogP contribution in [-0.2, 0) is 17.8 Å². The van der Waals surface area contributed by atoms with Gasteiger partial charge in [-0.25, -0.2) is 0 Å². The molecule has 3 aromatic rings. The Labute approximate surface area is 139 Å². The molecule has 0 unspecified atom stereocenters. The largest absolute Gasteiger partial charge is 0.472 e. The molecular formula is C18H15ClN2O2. The molecule has 2 aromatic heterocycles. The van der Waals surface area contributed by atoms with Crippen LogP contribution in [0.25, 0.3) is 11.1 Å². The molecule has 5 heteroatoms. The summed E-state index contributed by atoms with van der Waals surface area (Å²) in [6.07, 6.45) is 7.04. The topological polar surface area (TPSA) is 55.1 Å². The molecule has 1 amide bonds. The van der Waals surface area contributed by atoms with Gasteiger partial charge in [-0.15, -0.1) is 0 Å². The van der Waals surface area contributed by atoms with Crippen molar-refractivity contribution in [2.24, 2.45) is 0 Å². The number of amides is 1. The lowest BCUT2D eigenvalue weighted by Crippen LogP contribution is -2.24. The molecule has 1 aromatic carbocycles. The fraction of sp³-hybridized carbons (Fsp3) is 0.111. The van der Waals surface area contributed by atoms with E-state index in [2.05, 4.69) is 10.3 Å². The highest BCUT2D eigenvalue weighted by atomic mass is 35.5. The minimum Gasteiger partial charge on any atom is -0.472 e. The summed E-state index contributed by atoms with van der Waals surface area (Å²) in [6, 6.07) is 11.2. The molecule has 0 aliphatic carbocycles. The molecule has 0 atom stereocenters. The Balaban J connectivity index is 1.61. The van der Waals surface area contributed by atoms with E-state index < -0.39 is 0 Å². The zero-order chi connectivity index (χ0) is 16.1. The van der Waals surface area contributed by atoms with Crippen LogP contribution in [0.1, 0.15) is 11.1 Å². The summed E-state index contributed by atoms with van der Waals surface area (Å²) in [5.74, 6) is -0.0770. The summed E-state index contributed by atoms with van der Waals surface area (Å²) < 4.78 is 5.07. The summed E-state index contributed by atoms with van der Waals surface area (Å²) >= 11 is 6.06. The fourth-order valence-corrected chi connectivity index (χ4v) is 2.45. The Morgan fingerprint density at radius 2 is 2.04 bits per heavy atom. The highest BCUT2D eigenvalue weighted by molar-refractivity contribution is 6.31. The molecule has 0 saturated carbocycles. The molecule has 0 radical (unpaired) electrons. The number of carbonyl (C=O) groups excluding carboxylic acids is 1. The molecule has 0 fully saturated rings. The number of nitrogens with zero attached hydrogens (tertiary/aromatic N) is 1. The molecule has 116 valence electrons. The zero-order valence-corrected chi connectivity index (χ0v) is 13.1. The average molecular weight is 327 g/mol. The third kappa shape index (κ3) is 3.99. The van der Waals surface area contributed by atoms with Gasteiger partial charge in [0.05, 0.1) is 18.9 Å². The molecule has 0 spiro atoms. The maximum atomic E-state index is 12.0. The van der Waals surface area contributed by atoms with Crippen molar-refractivity contribution in [1.82, 2.24) is 10.3 Å². The van der Waals surface area contributed by atoms with Crippen LogP contribution >= 0.6 is 11.6 Å². The van der Waals surface area contributed by atoms with E-state index in [9.17, 15) is 4.79 Å². The highest BCUT2D eigenvalue weighted by Crippen LogP contribution is 2.19. The molecule has 0 aliphatic heterocycles. The van der Waals surface area contributed by atoms with E-state index in [0.717, 1.165) is 22.3 Å². The molecule has 3 rings (SSSR count). The van der Waals surface area contributed by atoms with E-state index in [-0.39, 0.29) is 12.3 Å². The fourth-order valence-electron chi connectivity index (χ4n) is 2.25. The third-order valence-electron chi connectivity index (χ3n) is 3.45. The van der Waals surface area contributed by atoms with Gasteiger partial charge in [0.1, 0.15) is 0 Å². The quantitative estimate of drug-likeness (QED) is 0.774. The Kier molecular flexibility index (Phi) is 4.74. The number of furan rings is 1. The van der Waals surface area contributed by atoms with Crippen LogP contribution in [0, 0.1) is 0 Å². The maximum absolute atomic E-state index is 12.0. The second kappa shape index (κ2) is 7.11. The molecule has 2 heterocycles. The van der Waals surface area contributed by atoms with E-state index in [4.69, 9.17) is 16.0 Å². The Morgan fingerprint density at radius 3 is 2.83 bits per heavy atom. The van der Waals surface area contributed by atoms with Gasteiger partial charge in [-0.1, -0.05) is 29.8 Å². The number of halogens is 1. The van der Waals surface area contributed by atoms with E-state index in [1.807, 2.05) is 30.3 Å². The van der Waals surface area contributed by atoms with Crippen LogP contribution in [0.5, 0.6) is 0 Å². The number of nitrogens with one attached hydrogen (secondary N) is 1. The predicted molar refractivity (Wildman–Crippen MR) is 88.9 cm³/mol. The van der Waals surface area contributed by atoms with Crippen molar-refractivity contribution in [3.8, 4) is 11.1 Å². The summed E-state index contributed by atoms with van der Waals surface area (Å²) in [5.41, 5.74) is 3.66. The average Bonchev–Trinajstić information content (AvgIpc) is 3.10. The number of hydrogen-bond acceptors (Lipinski definition) is 3. The lowest BCUT2D eigenvalue weighted by Gasteiger charge is -2.07. The number of aromatic nitrogens is 1. The summed E-state index contributed by atoms with van der Waals surface area (Å²) in [7, 11) is 0. The number of pyridine rings is 1. The van der Waals surface area contributed by atoms with E-state index in [1.54, 1.807) is 31.0 Å². The van der Waals surface area contributed by atoms with Gasteiger partial charge >= 0.3 is 0 Å². The van der Waals surface area contributed by atoms with E-state index in [1.165, 1.54) is 0 Å². The number of carbonyl (C=O) groups is 1. The minimum atomic E-state index is -0.0770. The van der Waals surface area contributed by atoms with Gasteiger partial charge < -0.3 is 9.73 Å². The van der Waals surface area contributed by atoms with Crippen LogP contribution in [0.15, 0.2) is 65.7 Å². The number of hydrogen-bond donors (Lipinski definition) is 1. The van der Waals surface area contributed by atoms with Gasteiger partial charge in [-0.2, -0.15) is 0 Å². The van der Waals surface area contributed by atoms with Gasteiger partial charge in [0.15, 0.2) is 0 Å². The van der Waals surface area contributed by atoms with Gasteiger partial charge in [0.2, 0.25) is 5.91 Å². The maximum Gasteiger partial charge on any atom is 0.224 e. The van der Waals surface area contributed by atoms with Crippen LogP contribution in [0.2, 0.25) is 5.02 Å². The predicted octanol–water partition coefficient (Wildman–Crippen LogP) is 3.85. The lowest BCUT2D eigenvalue weighted by molar-refractivity contribution is -0.120. The number of benzene rings is 1. The first kappa shape index (κ1) is 15.3. The SMILES string of the molecule is O=C(Cc1ccccc1Cl)NCc1cncc(-c2ccoc2)c1. The third-order valence-corrected chi connectivity index (χ3v) is 3.82. The summed E-state index contributed by atoms with van der Waals surface area (Å²) in [4.78, 5) is 16.2. The Bertz CT molecular complexity index is 800. The van der Waals surface area contributed by atoms with Gasteiger partial charge in [0, 0.05) is 35.1 Å². The first-order valence-electron chi connectivity index (χ1n) is 7.19. The van der Waals surface area contributed by atoms with E-state index >= 15 is 0 Å². The standard InChI is InChI=1S/C18H15ClN2O2/c19-17-4-2-1-3-14(17)8-18(22)21-10-13-7-16(11-20-9-13)15-5-6-23-12-15/h1-7,9,11-12H,8,10H2,(H,21,22). The Hall–Kier alpha value is -2.59. The molecule has 0 aliphatic rings. The van der Waals surface area contributed by atoms with Crippen molar-refractivity contribution in [3.05, 3.63) is 77.5 Å². The minimum absolute atomic E-state index is 0.0770. The van der Waals surface area contributed by atoms with Crippen molar-refractivity contribution in [1.29, 1.82) is 0 Å². The smallest absolute Gasteiger partial charge is 0.224 e. The lowest BCUT2D eigenvalue weighted by atomic mass is 10.1. The molecule has 1 N–H and O–H groups in total. The van der Waals surface area contributed by atoms with Crippen LogP contribution in [-0.4, -0.2) is 10.9 Å².